The summed E-state index contributed by atoms with van der Waals surface area (Å²) in [6.07, 6.45) is 3.44. The van der Waals surface area contributed by atoms with Crippen molar-refractivity contribution in [2.45, 2.75) is 87.4 Å². The molecule has 300 valence electrons. The summed E-state index contributed by atoms with van der Waals surface area (Å²) in [5.74, 6) is -3.14. The summed E-state index contributed by atoms with van der Waals surface area (Å²) in [6, 6.07) is 11.4. The number of benzene rings is 2. The molecule has 2 aromatic rings. The molecule has 5 saturated heterocycles. The van der Waals surface area contributed by atoms with Crippen LogP contribution < -0.4 is 15.5 Å². The third kappa shape index (κ3) is 7.65. The van der Waals surface area contributed by atoms with Crippen LogP contribution >= 0.6 is 0 Å². The van der Waals surface area contributed by atoms with E-state index in [4.69, 9.17) is 4.74 Å². The number of amides is 5. The average molecular weight is 794 g/mol. The number of ether oxygens (including phenoxy) is 1. The molecule has 6 aliphatic heterocycles. The number of likely N-dealkylation sites (tertiary alicyclic amines) is 2. The van der Waals surface area contributed by atoms with Crippen LogP contribution in [0.25, 0.3) is 0 Å². The van der Waals surface area contributed by atoms with E-state index < -0.39 is 56.9 Å². The van der Waals surface area contributed by atoms with Gasteiger partial charge in [-0.3, -0.25) is 39.2 Å². The highest BCUT2D eigenvalue weighted by molar-refractivity contribution is 7.89. The summed E-state index contributed by atoms with van der Waals surface area (Å²) in [6.45, 7) is 5.35. The van der Waals surface area contributed by atoms with E-state index in [1.54, 1.807) is 4.31 Å². The van der Waals surface area contributed by atoms with E-state index in [1.165, 1.54) is 6.07 Å². The predicted molar refractivity (Wildman–Crippen MR) is 202 cm³/mol. The van der Waals surface area contributed by atoms with Crippen LogP contribution in [0.4, 0.5) is 14.9 Å². The molecule has 56 heavy (non-hydrogen) atoms. The quantitative estimate of drug-likeness (QED) is 0.357. The second-order valence-electron chi connectivity index (χ2n) is 15.8. The number of hydrogen-bond donors (Lipinski definition) is 2. The minimum Gasteiger partial charge on any atom is -0.445 e. The lowest BCUT2D eigenvalue weighted by Gasteiger charge is -2.52. The van der Waals surface area contributed by atoms with Gasteiger partial charge in [-0.15, -0.1) is 0 Å². The molecule has 0 saturated carbocycles. The zero-order valence-electron chi connectivity index (χ0n) is 31.2. The minimum absolute atomic E-state index is 0.0109. The van der Waals surface area contributed by atoms with Gasteiger partial charge in [0.2, 0.25) is 21.8 Å². The molecule has 0 radical (unpaired) electrons. The van der Waals surface area contributed by atoms with Crippen LogP contribution in [0, 0.1) is 5.82 Å². The van der Waals surface area contributed by atoms with Gasteiger partial charge >= 0.3 is 6.09 Å². The number of hydrogen-bond acceptors (Lipinski definition) is 11. The molecule has 2 aromatic carbocycles. The maximum Gasteiger partial charge on any atom is 0.407 e. The molecule has 5 amide bonds. The highest BCUT2D eigenvalue weighted by Gasteiger charge is 2.46. The van der Waals surface area contributed by atoms with Gasteiger partial charge < -0.3 is 15.0 Å². The van der Waals surface area contributed by atoms with Gasteiger partial charge in [0.05, 0.1) is 22.1 Å². The third-order valence-corrected chi connectivity index (χ3v) is 14.9. The predicted octanol–water partition coefficient (Wildman–Crippen LogP) is 2.06. The van der Waals surface area contributed by atoms with Gasteiger partial charge in [-0.1, -0.05) is 30.3 Å². The molecule has 1 unspecified atom stereocenters. The van der Waals surface area contributed by atoms with Crippen molar-refractivity contribution in [3.8, 4) is 0 Å². The largest absolute Gasteiger partial charge is 0.445 e. The molecular formula is C39H48FN7O8S. The van der Waals surface area contributed by atoms with E-state index >= 15 is 4.39 Å². The first kappa shape index (κ1) is 38.4. The zero-order valence-corrected chi connectivity index (χ0v) is 32.1. The fraction of sp³-hybridized carbons (Fsp3) is 0.564. The number of halogens is 1. The molecule has 17 heteroatoms. The van der Waals surface area contributed by atoms with Crippen molar-refractivity contribution in [3.05, 3.63) is 65.0 Å². The number of carbonyl (C=O) groups is 5. The summed E-state index contributed by atoms with van der Waals surface area (Å²) in [5, 5.41) is 4.65. The molecule has 15 nitrogen and oxygen atoms in total. The number of sulfonamides is 1. The Morgan fingerprint density at radius 3 is 2.12 bits per heavy atom. The number of carbonyl (C=O) groups excluding carboxylic acids is 5. The summed E-state index contributed by atoms with van der Waals surface area (Å²) < 4.78 is 49.5. The van der Waals surface area contributed by atoms with Crippen LogP contribution in [0.15, 0.2) is 42.5 Å². The molecular weight excluding hydrogens is 746 g/mol. The smallest absolute Gasteiger partial charge is 0.407 e. The fourth-order valence-corrected chi connectivity index (χ4v) is 11.1. The molecule has 0 aliphatic carbocycles. The third-order valence-electron chi connectivity index (χ3n) is 12.5. The van der Waals surface area contributed by atoms with Crippen molar-refractivity contribution in [1.29, 1.82) is 0 Å². The number of nitrogens with zero attached hydrogens (tertiary/aromatic N) is 5. The first-order chi connectivity index (χ1) is 27.0. The van der Waals surface area contributed by atoms with Crippen molar-refractivity contribution in [1.82, 2.24) is 29.6 Å². The Morgan fingerprint density at radius 2 is 1.46 bits per heavy atom. The molecule has 5 fully saturated rings. The highest BCUT2D eigenvalue weighted by Crippen LogP contribution is 2.35. The molecule has 0 bridgehead atoms. The van der Waals surface area contributed by atoms with Crippen molar-refractivity contribution < 1.29 is 41.5 Å². The lowest BCUT2D eigenvalue weighted by Crippen LogP contribution is -2.64. The minimum atomic E-state index is -3.45. The van der Waals surface area contributed by atoms with Crippen LogP contribution in [0.1, 0.15) is 77.6 Å². The van der Waals surface area contributed by atoms with Crippen molar-refractivity contribution in [2.75, 3.05) is 57.3 Å². The van der Waals surface area contributed by atoms with Gasteiger partial charge in [0.1, 0.15) is 18.5 Å². The van der Waals surface area contributed by atoms with Gasteiger partial charge in [-0.25, -0.2) is 21.9 Å². The second kappa shape index (κ2) is 15.8. The summed E-state index contributed by atoms with van der Waals surface area (Å²) in [5.41, 5.74) is 1.15. The Balaban J connectivity index is 0.759. The number of alkyl carbamates (subject to hydrolysis) is 1. The van der Waals surface area contributed by atoms with Gasteiger partial charge in [0.25, 0.3) is 11.8 Å². The van der Waals surface area contributed by atoms with Crippen LogP contribution in [-0.2, 0) is 31.0 Å². The van der Waals surface area contributed by atoms with Gasteiger partial charge in [-0.05, 0) is 75.7 Å². The topological polar surface area (TPSA) is 169 Å². The number of piperidine rings is 4. The van der Waals surface area contributed by atoms with E-state index in [0.29, 0.717) is 63.9 Å². The molecule has 2 N–H and O–H groups in total. The van der Waals surface area contributed by atoms with Crippen LogP contribution in [-0.4, -0.2) is 139 Å². The van der Waals surface area contributed by atoms with E-state index in [-0.39, 0.29) is 42.3 Å². The van der Waals surface area contributed by atoms with Crippen LogP contribution in [0.3, 0.4) is 0 Å². The maximum atomic E-state index is 15.4. The van der Waals surface area contributed by atoms with Crippen molar-refractivity contribution in [3.63, 3.8) is 0 Å². The Hall–Kier alpha value is -4.45. The Bertz CT molecular complexity index is 1970. The molecule has 6 aliphatic rings. The highest BCUT2D eigenvalue weighted by atomic mass is 32.2. The van der Waals surface area contributed by atoms with E-state index in [0.717, 1.165) is 55.6 Å². The SMILES string of the molecule is O=C1CCC(N2C(=O)c3cc(F)c(N4CCC(N5CC(N6CCC(S(=O)(=O)N7CCC(NC(=O)OCc8ccccc8)CC7)CC6)C5)CC4)cc3C2=O)C(=O)N1. The molecule has 0 aromatic heterocycles. The molecule has 1 atom stereocenters. The second-order valence-corrected chi connectivity index (χ2v) is 18.0. The van der Waals surface area contributed by atoms with E-state index in [9.17, 15) is 32.4 Å². The fourth-order valence-electron chi connectivity index (χ4n) is 9.15. The lowest BCUT2D eigenvalue weighted by molar-refractivity contribution is -0.136. The Kier molecular flexibility index (Phi) is 10.9. The number of nitrogens with one attached hydrogen (secondary N) is 2. The standard InChI is InChI=1S/C39H48FN7O8S/c40-32-20-30-31(38(51)47(37(30)50)33-6-7-35(48)42-36(33)49)21-34(32)44-14-10-27(11-15-44)45-22-28(23-45)43-16-12-29(13-17-43)56(53,54)46-18-8-26(9-19-46)41-39(52)55-24-25-4-2-1-3-5-25/h1-5,20-21,26-29,33H,6-19,22-24H2,(H,41,52)(H,42,48,49). The monoisotopic (exact) mass is 793 g/mol. The number of anilines is 1. The van der Waals surface area contributed by atoms with Gasteiger partial charge in [0.15, 0.2) is 0 Å². The van der Waals surface area contributed by atoms with E-state index in [1.807, 2.05) is 35.2 Å². The number of imide groups is 2. The van der Waals surface area contributed by atoms with Crippen LogP contribution in [0.5, 0.6) is 0 Å². The van der Waals surface area contributed by atoms with Gasteiger partial charge in [-0.2, -0.15) is 0 Å². The lowest BCUT2D eigenvalue weighted by atomic mass is 9.95. The number of fused-ring (bicyclic) bond motifs is 1. The number of rotatable bonds is 9. The Morgan fingerprint density at radius 1 is 0.804 bits per heavy atom. The Labute approximate surface area is 325 Å². The molecule has 8 rings (SSSR count). The summed E-state index contributed by atoms with van der Waals surface area (Å²) >= 11 is 0. The molecule has 6 heterocycles. The van der Waals surface area contributed by atoms with E-state index in [2.05, 4.69) is 20.4 Å². The van der Waals surface area contributed by atoms with Crippen LogP contribution in [0.2, 0.25) is 0 Å². The summed E-state index contributed by atoms with van der Waals surface area (Å²) in [7, 11) is -3.45. The first-order valence-electron chi connectivity index (χ1n) is 19.7. The van der Waals surface area contributed by atoms with Crippen molar-refractivity contribution in [2.24, 2.45) is 0 Å². The normalized spacial score (nSPS) is 24.3. The zero-order chi connectivity index (χ0) is 39.1. The van der Waals surface area contributed by atoms with Crippen molar-refractivity contribution >= 4 is 45.4 Å². The first-order valence-corrected chi connectivity index (χ1v) is 21.2. The molecule has 0 spiro atoms. The maximum absolute atomic E-state index is 15.4. The summed E-state index contributed by atoms with van der Waals surface area (Å²) in [4.78, 5) is 70.3. The average Bonchev–Trinajstić information content (AvgIpc) is 3.41. The van der Waals surface area contributed by atoms with Gasteiger partial charge in [0, 0.05) is 63.8 Å².